The number of alkyl halides is 18. The molecule has 0 amide bonds. The molecule has 0 bridgehead atoms. The minimum atomic E-state index is -7.06. The van der Waals surface area contributed by atoms with Gasteiger partial charge in [-0.2, -0.15) is 79.0 Å². The molecular weight excluding hydrogens is 762 g/mol. The third-order valence-corrected chi connectivity index (χ3v) is 7.09. The highest BCUT2D eigenvalue weighted by Crippen LogP contribution is 2.55. The van der Waals surface area contributed by atoms with E-state index in [2.05, 4.69) is 0 Å². The Bertz CT molecular complexity index is 986. The summed E-state index contributed by atoms with van der Waals surface area (Å²) in [5.74, 6) is -39.5. The van der Waals surface area contributed by atoms with E-state index >= 15 is 0 Å². The third-order valence-electron chi connectivity index (χ3n) is 7.09. The molecule has 0 aliphatic carbocycles. The van der Waals surface area contributed by atoms with Crippen molar-refractivity contribution in [1.82, 2.24) is 0 Å². The molecule has 0 radical (unpaired) electrons. The van der Waals surface area contributed by atoms with Crippen LogP contribution in [-0.2, 0) is 18.9 Å². The van der Waals surface area contributed by atoms with Crippen molar-refractivity contribution in [1.29, 1.82) is 0 Å². The van der Waals surface area contributed by atoms with Crippen LogP contribution in [-0.4, -0.2) is 124 Å². The van der Waals surface area contributed by atoms with Crippen LogP contribution in [0.4, 0.5) is 79.0 Å². The molecule has 0 spiro atoms. The average molecular weight is 801 g/mol. The lowest BCUT2D eigenvalue weighted by atomic mass is 9.92. The van der Waals surface area contributed by atoms with E-state index in [-0.39, 0.29) is 13.2 Å². The van der Waals surface area contributed by atoms with Gasteiger partial charge in [0, 0.05) is 29.1 Å². The summed E-state index contributed by atoms with van der Waals surface area (Å²) < 4.78 is 254. The highest BCUT2D eigenvalue weighted by molar-refractivity contribution is 5.01. The summed E-state index contributed by atoms with van der Waals surface area (Å²) in [5, 5.41) is 19.3. The fourth-order valence-corrected chi connectivity index (χ4v) is 3.62. The van der Waals surface area contributed by atoms with E-state index in [4.69, 9.17) is 18.9 Å². The molecule has 2 N–H and O–H groups in total. The summed E-state index contributed by atoms with van der Waals surface area (Å²) >= 11 is 0. The van der Waals surface area contributed by atoms with Gasteiger partial charge in [-0.3, -0.25) is 0 Å². The zero-order chi connectivity index (χ0) is 40.8. The van der Waals surface area contributed by atoms with Crippen LogP contribution in [0, 0.1) is 16.2 Å². The van der Waals surface area contributed by atoms with Crippen molar-refractivity contribution >= 4 is 0 Å². The Morgan fingerprint density at radius 2 is 0.627 bits per heavy atom. The monoisotopic (exact) mass is 800 g/mol. The summed E-state index contributed by atoms with van der Waals surface area (Å²) in [5.41, 5.74) is -3.81. The number of ether oxygens (including phenoxy) is 4. The maximum atomic E-state index is 13.7. The normalized spacial score (nSPS) is 17.4. The van der Waals surface area contributed by atoms with Crippen LogP contribution >= 0.6 is 0 Å². The average Bonchev–Trinajstić information content (AvgIpc) is 2.95. The molecular formula is C27H38F18O6. The molecule has 0 aliphatic rings. The molecule has 0 aliphatic heterocycles. The van der Waals surface area contributed by atoms with Gasteiger partial charge in [0.1, 0.15) is 0 Å². The van der Waals surface area contributed by atoms with E-state index in [1.807, 2.05) is 0 Å². The molecule has 6 nitrogen and oxygen atoms in total. The van der Waals surface area contributed by atoms with Gasteiger partial charge in [-0.1, -0.05) is 27.7 Å². The standard InChI is InChI=1S/C27H38F18O6/c1-17(2,11-50-15-18(3,9-46)13-48-7-5-20(28,29)22(32,33)24(36,37)26(40,41)42)12-51-16-19(4,10-47)14-49-8-6-21(30,31)23(34,35)25(38,39)27(43,44)45/h46-47H,5-16H2,1-4H3. The van der Waals surface area contributed by atoms with E-state index in [1.165, 1.54) is 27.7 Å². The molecule has 0 saturated carbocycles. The van der Waals surface area contributed by atoms with Crippen molar-refractivity contribution < 1.29 is 108 Å². The second-order valence-electron chi connectivity index (χ2n) is 13.4. The smallest absolute Gasteiger partial charge is 0.396 e. The van der Waals surface area contributed by atoms with Crippen LogP contribution in [0.1, 0.15) is 40.5 Å². The van der Waals surface area contributed by atoms with Crippen molar-refractivity contribution in [2.24, 2.45) is 16.2 Å². The number of hydrogen-bond donors (Lipinski definition) is 2. The maximum absolute atomic E-state index is 13.7. The Labute approximate surface area is 279 Å². The number of rotatable bonds is 24. The predicted molar refractivity (Wildman–Crippen MR) is 138 cm³/mol. The molecule has 0 saturated heterocycles. The Morgan fingerprint density at radius 1 is 0.373 bits per heavy atom. The Morgan fingerprint density at radius 3 is 0.863 bits per heavy atom. The quantitative estimate of drug-likeness (QED) is 0.0768. The van der Waals surface area contributed by atoms with Gasteiger partial charge < -0.3 is 29.2 Å². The fraction of sp³-hybridized carbons (Fsp3) is 1.00. The van der Waals surface area contributed by atoms with Gasteiger partial charge in [-0.15, -0.1) is 0 Å². The van der Waals surface area contributed by atoms with Crippen LogP contribution in [0.15, 0.2) is 0 Å². The lowest BCUT2D eigenvalue weighted by molar-refractivity contribution is -0.397. The van der Waals surface area contributed by atoms with Gasteiger partial charge in [-0.25, -0.2) is 0 Å². The molecule has 0 heterocycles. The van der Waals surface area contributed by atoms with Gasteiger partial charge in [0.05, 0.1) is 66.1 Å². The maximum Gasteiger partial charge on any atom is 0.460 e. The topological polar surface area (TPSA) is 77.4 Å². The van der Waals surface area contributed by atoms with Crippen molar-refractivity contribution in [2.45, 2.75) is 88.4 Å². The van der Waals surface area contributed by atoms with Gasteiger partial charge in [0.25, 0.3) is 0 Å². The van der Waals surface area contributed by atoms with Gasteiger partial charge in [0.15, 0.2) is 0 Å². The first-order valence-electron chi connectivity index (χ1n) is 14.4. The van der Waals surface area contributed by atoms with Gasteiger partial charge >= 0.3 is 47.9 Å². The van der Waals surface area contributed by atoms with Crippen LogP contribution in [0.3, 0.4) is 0 Å². The van der Waals surface area contributed by atoms with E-state index in [1.54, 1.807) is 0 Å². The van der Waals surface area contributed by atoms with E-state index in [0.717, 1.165) is 0 Å². The predicted octanol–water partition coefficient (Wildman–Crippen LogP) is 7.79. The molecule has 0 rings (SSSR count). The van der Waals surface area contributed by atoms with E-state index in [9.17, 15) is 89.2 Å². The largest absolute Gasteiger partial charge is 0.460 e. The van der Waals surface area contributed by atoms with Crippen LogP contribution in [0.5, 0.6) is 0 Å². The first kappa shape index (κ1) is 49.5. The summed E-state index contributed by atoms with van der Waals surface area (Å²) in [6.45, 7) is -1.59. The first-order valence-corrected chi connectivity index (χ1v) is 14.4. The number of aliphatic hydroxyl groups is 2. The molecule has 0 fully saturated rings. The first-order chi connectivity index (χ1) is 22.4. The van der Waals surface area contributed by atoms with Crippen LogP contribution < -0.4 is 0 Å². The Kier molecular flexibility index (Phi) is 16.4. The third kappa shape index (κ3) is 12.3. The SMILES string of the molecule is CC(C)(COCC(C)(CO)COCCC(F)(F)C(F)(F)C(F)(F)C(F)(F)F)COCC(C)(CO)COCCC(F)(F)C(F)(F)C(F)(F)C(F)(F)F. The van der Waals surface area contributed by atoms with E-state index in [0.29, 0.717) is 0 Å². The van der Waals surface area contributed by atoms with Crippen LogP contribution in [0.2, 0.25) is 0 Å². The van der Waals surface area contributed by atoms with Crippen LogP contribution in [0.25, 0.3) is 0 Å². The molecule has 0 aromatic rings. The molecule has 0 aromatic heterocycles. The second kappa shape index (κ2) is 16.9. The molecule has 2 unspecified atom stereocenters. The highest BCUT2D eigenvalue weighted by atomic mass is 19.4. The highest BCUT2D eigenvalue weighted by Gasteiger charge is 2.82. The van der Waals surface area contributed by atoms with Crippen molar-refractivity contribution in [3.63, 3.8) is 0 Å². The molecule has 0 aromatic carbocycles. The lowest BCUT2D eigenvalue weighted by Crippen LogP contribution is -2.61. The number of aliphatic hydroxyl groups excluding tert-OH is 2. The summed E-state index contributed by atoms with van der Waals surface area (Å²) in [6, 6.07) is 0. The van der Waals surface area contributed by atoms with Crippen molar-refractivity contribution in [3.8, 4) is 0 Å². The second-order valence-corrected chi connectivity index (χ2v) is 13.4. The van der Waals surface area contributed by atoms with Gasteiger partial charge in [0.2, 0.25) is 0 Å². The molecule has 308 valence electrons. The summed E-state index contributed by atoms with van der Waals surface area (Å²) in [7, 11) is 0. The van der Waals surface area contributed by atoms with E-state index < -0.39 is 130 Å². The summed E-state index contributed by atoms with van der Waals surface area (Å²) in [6.07, 6.45) is -18.5. The summed E-state index contributed by atoms with van der Waals surface area (Å²) in [4.78, 5) is 0. The zero-order valence-electron chi connectivity index (χ0n) is 27.3. The van der Waals surface area contributed by atoms with Crippen molar-refractivity contribution in [3.05, 3.63) is 0 Å². The zero-order valence-corrected chi connectivity index (χ0v) is 27.3. The van der Waals surface area contributed by atoms with Crippen molar-refractivity contribution in [2.75, 3.05) is 66.1 Å². The number of halogens is 18. The minimum absolute atomic E-state index is 0.211. The Balaban J connectivity index is 4.92. The minimum Gasteiger partial charge on any atom is -0.396 e. The lowest BCUT2D eigenvalue weighted by Gasteiger charge is -2.34. The molecule has 2 atom stereocenters. The molecule has 51 heavy (non-hydrogen) atoms. The fourth-order valence-electron chi connectivity index (χ4n) is 3.62. The Hall–Kier alpha value is -1.50. The molecule has 24 heteroatoms. The number of hydrogen-bond acceptors (Lipinski definition) is 6. The van der Waals surface area contributed by atoms with Gasteiger partial charge in [-0.05, 0) is 0 Å².